The van der Waals surface area contributed by atoms with E-state index < -0.39 is 16.5 Å². The van der Waals surface area contributed by atoms with E-state index in [1.165, 1.54) is 0 Å². The molecule has 0 spiro atoms. The molecular weight excluding hydrogens is 280 g/mol. The molecule has 0 saturated heterocycles. The van der Waals surface area contributed by atoms with Gasteiger partial charge in [0.25, 0.3) is 0 Å². The summed E-state index contributed by atoms with van der Waals surface area (Å²) in [4.78, 5) is 0. The van der Waals surface area contributed by atoms with Crippen LogP contribution in [0.25, 0.3) is 0 Å². The molecule has 12 heavy (non-hydrogen) atoms. The van der Waals surface area contributed by atoms with Crippen LogP contribution in [0.3, 0.4) is 0 Å². The van der Waals surface area contributed by atoms with E-state index in [1.54, 1.807) is 13.8 Å². The van der Waals surface area contributed by atoms with Gasteiger partial charge in [-0.2, -0.15) is 0 Å². The first-order valence-electron chi connectivity index (χ1n) is 3.24. The molecule has 0 heterocycles. The summed E-state index contributed by atoms with van der Waals surface area (Å²) in [7, 11) is -1.13. The molecule has 0 rings (SSSR count). The van der Waals surface area contributed by atoms with Crippen molar-refractivity contribution in [3.05, 3.63) is 0 Å². The van der Waals surface area contributed by atoms with Crippen molar-refractivity contribution in [2.24, 2.45) is 0 Å². The monoisotopic (exact) mass is 288 g/mol. The van der Waals surface area contributed by atoms with Crippen molar-refractivity contribution in [2.45, 2.75) is 23.1 Å². The molecule has 0 fully saturated rings. The standard InChI is InChI=1S/C6H10Cl5P/c1-5(9,3-7)12(11)6(2,10)4-8/h3-4H2,1-2H3. The van der Waals surface area contributed by atoms with Crippen LogP contribution in [0.1, 0.15) is 13.8 Å². The molecule has 0 radical (unpaired) electrons. The largest absolute Gasteiger partial charge is 0.124 e. The number of hydrogen-bond acceptors (Lipinski definition) is 0. The summed E-state index contributed by atoms with van der Waals surface area (Å²) < 4.78 is -1.33. The van der Waals surface area contributed by atoms with Crippen LogP contribution in [0.4, 0.5) is 0 Å². The van der Waals surface area contributed by atoms with Gasteiger partial charge in [-0.1, -0.05) is 11.2 Å². The van der Waals surface area contributed by atoms with Gasteiger partial charge in [0.2, 0.25) is 0 Å². The van der Waals surface area contributed by atoms with Crippen molar-refractivity contribution >= 4 is 64.9 Å². The molecule has 0 N–H and O–H groups in total. The normalized spacial score (nSPS) is 24.2. The van der Waals surface area contributed by atoms with Gasteiger partial charge < -0.3 is 0 Å². The van der Waals surface area contributed by atoms with E-state index in [-0.39, 0.29) is 11.8 Å². The van der Waals surface area contributed by atoms with Crippen molar-refractivity contribution in [1.82, 2.24) is 0 Å². The molecule has 6 heteroatoms. The minimum absolute atomic E-state index is 0.267. The lowest BCUT2D eigenvalue weighted by atomic mass is 10.5. The second-order valence-corrected chi connectivity index (χ2v) is 9.11. The number of rotatable bonds is 4. The topological polar surface area (TPSA) is 0 Å². The first-order chi connectivity index (χ1) is 5.28. The van der Waals surface area contributed by atoms with Gasteiger partial charge in [0.1, 0.15) is 0 Å². The Hall–Kier alpha value is 1.88. The van der Waals surface area contributed by atoms with E-state index in [9.17, 15) is 0 Å². The van der Waals surface area contributed by atoms with Crippen LogP contribution in [0.5, 0.6) is 0 Å². The van der Waals surface area contributed by atoms with Gasteiger partial charge in [-0.25, -0.2) is 0 Å². The van der Waals surface area contributed by atoms with Crippen LogP contribution >= 0.6 is 64.9 Å². The van der Waals surface area contributed by atoms with E-state index in [2.05, 4.69) is 0 Å². The highest BCUT2D eigenvalue weighted by molar-refractivity contribution is 7.88. The highest BCUT2D eigenvalue weighted by Gasteiger charge is 2.42. The smallest absolute Gasteiger partial charge is 0.0905 e. The SMILES string of the molecule is CC(Cl)(CCl)P(Cl)C(C)(Cl)CCl. The van der Waals surface area contributed by atoms with Crippen LogP contribution in [0.2, 0.25) is 0 Å². The van der Waals surface area contributed by atoms with Gasteiger partial charge in [0, 0.05) is 19.0 Å². The molecule has 0 aliphatic rings. The molecule has 2 atom stereocenters. The molecular formula is C6H10Cl5P. The molecule has 0 saturated carbocycles. The quantitative estimate of drug-likeness (QED) is 0.504. The Morgan fingerprint density at radius 1 is 1.00 bits per heavy atom. The minimum atomic E-state index is -1.13. The van der Waals surface area contributed by atoms with Crippen molar-refractivity contribution in [3.8, 4) is 0 Å². The second kappa shape index (κ2) is 5.10. The molecule has 0 aliphatic carbocycles. The van der Waals surface area contributed by atoms with E-state index in [0.717, 1.165) is 0 Å². The zero-order chi connectivity index (χ0) is 9.99. The van der Waals surface area contributed by atoms with Crippen LogP contribution in [-0.4, -0.2) is 21.0 Å². The molecule has 2 unspecified atom stereocenters. The summed E-state index contributed by atoms with van der Waals surface area (Å²) in [5.41, 5.74) is 0. The Balaban J connectivity index is 4.47. The molecule has 0 aromatic heterocycles. The summed E-state index contributed by atoms with van der Waals surface area (Å²) in [5, 5.41) is 0. The third-order valence-corrected chi connectivity index (χ3v) is 9.01. The number of alkyl halides is 4. The predicted molar refractivity (Wildman–Crippen MR) is 62.7 cm³/mol. The predicted octanol–water partition coefficient (Wildman–Crippen LogP) is 5.01. The third kappa shape index (κ3) is 3.56. The van der Waals surface area contributed by atoms with Crippen molar-refractivity contribution in [1.29, 1.82) is 0 Å². The zero-order valence-electron chi connectivity index (χ0n) is 6.75. The Bertz CT molecular complexity index is 131. The van der Waals surface area contributed by atoms with E-state index in [0.29, 0.717) is 0 Å². The summed E-state index contributed by atoms with van der Waals surface area (Å²) in [6.07, 6.45) is 0. The Morgan fingerprint density at radius 3 is 1.42 bits per heavy atom. The van der Waals surface area contributed by atoms with Crippen LogP contribution in [0.15, 0.2) is 0 Å². The summed E-state index contributed by atoms with van der Waals surface area (Å²) in [6, 6.07) is 0. The van der Waals surface area contributed by atoms with Crippen LogP contribution < -0.4 is 0 Å². The number of halogens is 5. The van der Waals surface area contributed by atoms with Crippen molar-refractivity contribution < 1.29 is 0 Å². The molecule has 0 bridgehead atoms. The van der Waals surface area contributed by atoms with Gasteiger partial charge in [0.15, 0.2) is 0 Å². The van der Waals surface area contributed by atoms with Gasteiger partial charge in [0.05, 0.1) is 9.23 Å². The van der Waals surface area contributed by atoms with Gasteiger partial charge in [-0.05, 0) is 13.8 Å². The lowest BCUT2D eigenvalue weighted by Gasteiger charge is -2.34. The fourth-order valence-electron chi connectivity index (χ4n) is 0.591. The molecule has 0 nitrogen and oxygen atoms in total. The first-order valence-corrected chi connectivity index (χ1v) is 7.31. The van der Waals surface area contributed by atoms with Crippen molar-refractivity contribution in [3.63, 3.8) is 0 Å². The maximum Gasteiger partial charge on any atom is 0.0905 e. The fourth-order valence-corrected chi connectivity index (χ4v) is 4.46. The number of hydrogen-bond donors (Lipinski definition) is 0. The van der Waals surface area contributed by atoms with Gasteiger partial charge in [-0.3, -0.25) is 0 Å². The minimum Gasteiger partial charge on any atom is -0.124 e. The maximum atomic E-state index is 6.10. The lowest BCUT2D eigenvalue weighted by Crippen LogP contribution is -2.26. The van der Waals surface area contributed by atoms with Crippen LogP contribution in [-0.2, 0) is 0 Å². The summed E-state index contributed by atoms with van der Waals surface area (Å²) in [6.45, 7) is 3.54. The van der Waals surface area contributed by atoms with Crippen LogP contribution in [0, 0.1) is 0 Å². The lowest BCUT2D eigenvalue weighted by molar-refractivity contribution is 0.931. The molecule has 0 aromatic carbocycles. The van der Waals surface area contributed by atoms with Crippen molar-refractivity contribution in [2.75, 3.05) is 11.8 Å². The molecule has 0 aromatic rings. The average Bonchev–Trinajstić information content (AvgIpc) is 2.03. The zero-order valence-corrected chi connectivity index (χ0v) is 11.4. The highest BCUT2D eigenvalue weighted by atomic mass is 35.7. The summed E-state index contributed by atoms with van der Waals surface area (Å²) in [5.74, 6) is 0.534. The highest BCUT2D eigenvalue weighted by Crippen LogP contribution is 2.67. The fraction of sp³-hybridized carbons (Fsp3) is 1.00. The van der Waals surface area contributed by atoms with E-state index in [1.807, 2.05) is 0 Å². The molecule has 0 aliphatic heterocycles. The van der Waals surface area contributed by atoms with E-state index in [4.69, 9.17) is 57.6 Å². The van der Waals surface area contributed by atoms with Gasteiger partial charge >= 0.3 is 0 Å². The Labute approximate surface area is 99.4 Å². The third-order valence-electron chi connectivity index (χ3n) is 1.31. The molecule has 0 amide bonds. The average molecular weight is 290 g/mol. The second-order valence-electron chi connectivity index (χ2n) is 2.83. The molecule has 74 valence electrons. The maximum absolute atomic E-state index is 6.10. The summed E-state index contributed by atoms with van der Waals surface area (Å²) >= 11 is 29.5. The Kier molecular flexibility index (Phi) is 5.90. The van der Waals surface area contributed by atoms with Gasteiger partial charge in [-0.15, -0.1) is 46.4 Å². The van der Waals surface area contributed by atoms with E-state index >= 15 is 0 Å². The Morgan fingerprint density at radius 2 is 1.25 bits per heavy atom. The first kappa shape index (κ1) is 13.9.